The SMILES string of the molecule is CCN(CC)CCN(Cc1ccc(-c2ccc(Cl)cc2)cc1)C(=O)Cn1cc(Cc2cnn(C)c2)c(=O)nc1SCc1ccc(F)c(F)c1.Cl. The summed E-state index contributed by atoms with van der Waals surface area (Å²) < 4.78 is 30.8. The maximum absolute atomic E-state index is 14.1. The largest absolute Gasteiger partial charge is 0.336 e. The van der Waals surface area contributed by atoms with Gasteiger partial charge in [-0.1, -0.05) is 79.7 Å². The molecule has 13 heteroatoms. The van der Waals surface area contributed by atoms with Crippen molar-refractivity contribution in [1.29, 1.82) is 0 Å². The number of nitrogens with zero attached hydrogens (tertiary/aromatic N) is 6. The van der Waals surface area contributed by atoms with Crippen LogP contribution in [-0.2, 0) is 37.1 Å². The molecule has 0 spiro atoms. The van der Waals surface area contributed by atoms with Gasteiger partial charge in [0.05, 0.1) is 6.20 Å². The van der Waals surface area contributed by atoms with Gasteiger partial charge in [-0.15, -0.1) is 12.4 Å². The van der Waals surface area contributed by atoms with Crippen molar-refractivity contribution < 1.29 is 13.6 Å². The number of amides is 1. The predicted octanol–water partition coefficient (Wildman–Crippen LogP) is 7.25. The molecule has 0 saturated carbocycles. The maximum Gasteiger partial charge on any atom is 0.277 e. The first kappa shape index (κ1) is 38.8. The first-order valence-corrected chi connectivity index (χ1v) is 17.5. The molecule has 3 aromatic carbocycles. The summed E-state index contributed by atoms with van der Waals surface area (Å²) in [6.45, 7) is 7.46. The topological polar surface area (TPSA) is 76.3 Å². The summed E-state index contributed by atoms with van der Waals surface area (Å²) in [5, 5.41) is 5.19. The molecule has 0 unspecified atom stereocenters. The fraction of sp³-hybridized carbons (Fsp3) is 0.297. The van der Waals surface area contributed by atoms with E-state index in [1.807, 2.05) is 59.6 Å². The van der Waals surface area contributed by atoms with Crippen LogP contribution in [0.5, 0.6) is 0 Å². The third-order valence-corrected chi connectivity index (χ3v) is 9.59. The van der Waals surface area contributed by atoms with Crippen molar-refractivity contribution in [3.05, 3.63) is 135 Å². The van der Waals surface area contributed by atoms with E-state index in [-0.39, 0.29) is 30.6 Å². The minimum absolute atomic E-state index is 0. The molecule has 0 aliphatic carbocycles. The van der Waals surface area contributed by atoms with Crippen LogP contribution >= 0.6 is 35.8 Å². The van der Waals surface area contributed by atoms with Crippen LogP contribution in [0.4, 0.5) is 8.78 Å². The molecule has 0 saturated heterocycles. The lowest BCUT2D eigenvalue weighted by Crippen LogP contribution is -2.40. The quantitative estimate of drug-likeness (QED) is 0.0832. The Labute approximate surface area is 306 Å². The molecule has 5 aromatic rings. The standard InChI is InChI=1S/C37H39ClF2N6O2S.ClH/c1-4-44(5-2)16-17-45(22-26-6-9-29(10-7-26)30-11-13-32(38)14-12-30)35(47)24-46-23-31(18-28-20-41-43(3)21-28)36(48)42-37(46)49-25-27-8-15-33(39)34(40)19-27;/h6-15,19-21,23H,4-5,16-18,22,24-25H2,1-3H3;1H. The second kappa shape index (κ2) is 18.3. The van der Waals surface area contributed by atoms with Crippen molar-refractivity contribution in [3.63, 3.8) is 0 Å². The van der Waals surface area contributed by atoms with Crippen LogP contribution in [0.25, 0.3) is 11.1 Å². The number of benzene rings is 3. The van der Waals surface area contributed by atoms with Crippen LogP contribution in [0.2, 0.25) is 5.02 Å². The predicted molar refractivity (Wildman–Crippen MR) is 198 cm³/mol. The van der Waals surface area contributed by atoms with Gasteiger partial charge in [-0.2, -0.15) is 10.1 Å². The van der Waals surface area contributed by atoms with E-state index in [1.165, 1.54) is 17.8 Å². The van der Waals surface area contributed by atoms with Crippen molar-refractivity contribution in [2.75, 3.05) is 26.2 Å². The van der Waals surface area contributed by atoms with E-state index in [9.17, 15) is 18.4 Å². The Morgan fingerprint density at radius 1 is 0.880 bits per heavy atom. The second-order valence-electron chi connectivity index (χ2n) is 11.8. The van der Waals surface area contributed by atoms with Gasteiger partial charge < -0.3 is 14.4 Å². The lowest BCUT2D eigenvalue weighted by molar-refractivity contribution is -0.132. The zero-order valence-electron chi connectivity index (χ0n) is 28.2. The summed E-state index contributed by atoms with van der Waals surface area (Å²) in [6, 6.07) is 19.5. The number of hydrogen-bond acceptors (Lipinski definition) is 6. The highest BCUT2D eigenvalue weighted by Crippen LogP contribution is 2.24. The zero-order valence-corrected chi connectivity index (χ0v) is 30.6. The summed E-state index contributed by atoms with van der Waals surface area (Å²) >= 11 is 7.26. The maximum atomic E-state index is 14.1. The monoisotopic (exact) mass is 740 g/mol. The van der Waals surface area contributed by atoms with Crippen LogP contribution in [0.15, 0.2) is 95.3 Å². The minimum atomic E-state index is -0.949. The van der Waals surface area contributed by atoms with Crippen molar-refractivity contribution >= 4 is 41.7 Å². The van der Waals surface area contributed by atoms with E-state index in [1.54, 1.807) is 28.7 Å². The molecule has 0 bridgehead atoms. The van der Waals surface area contributed by atoms with Gasteiger partial charge in [0.1, 0.15) is 6.54 Å². The molecule has 5 rings (SSSR count). The van der Waals surface area contributed by atoms with E-state index < -0.39 is 17.2 Å². The van der Waals surface area contributed by atoms with Crippen LogP contribution < -0.4 is 5.56 Å². The molecule has 0 aliphatic heterocycles. The van der Waals surface area contributed by atoms with Crippen LogP contribution in [0.1, 0.15) is 36.1 Å². The van der Waals surface area contributed by atoms with E-state index in [2.05, 4.69) is 28.8 Å². The number of aryl methyl sites for hydroxylation is 1. The molecule has 0 N–H and O–H groups in total. The Morgan fingerprint density at radius 3 is 2.16 bits per heavy atom. The second-order valence-corrected chi connectivity index (χ2v) is 13.1. The Hall–Kier alpha value is -4.03. The number of aromatic nitrogens is 4. The van der Waals surface area contributed by atoms with E-state index in [0.717, 1.165) is 47.5 Å². The Balaban J connectivity index is 0.00000562. The van der Waals surface area contributed by atoms with Crippen LogP contribution in [0.3, 0.4) is 0 Å². The summed E-state index contributed by atoms with van der Waals surface area (Å²) in [6.07, 6.45) is 5.49. The first-order valence-electron chi connectivity index (χ1n) is 16.1. The molecule has 0 fully saturated rings. The van der Waals surface area contributed by atoms with Crippen LogP contribution in [0, 0.1) is 11.6 Å². The lowest BCUT2D eigenvalue weighted by Gasteiger charge is -2.27. The average Bonchev–Trinajstić information content (AvgIpc) is 3.51. The molecule has 2 heterocycles. The van der Waals surface area contributed by atoms with Gasteiger partial charge in [0.25, 0.3) is 5.56 Å². The molecular weight excluding hydrogens is 701 g/mol. The fourth-order valence-electron chi connectivity index (χ4n) is 5.44. The van der Waals surface area contributed by atoms with E-state index in [4.69, 9.17) is 11.6 Å². The van der Waals surface area contributed by atoms with Gasteiger partial charge in [0.15, 0.2) is 16.8 Å². The molecule has 1 amide bonds. The fourth-order valence-corrected chi connectivity index (χ4v) is 6.47. The van der Waals surface area contributed by atoms with E-state index >= 15 is 0 Å². The van der Waals surface area contributed by atoms with Crippen molar-refractivity contribution in [3.8, 4) is 11.1 Å². The molecule has 8 nitrogen and oxygen atoms in total. The van der Waals surface area contributed by atoms with Gasteiger partial charge in [-0.25, -0.2) is 8.78 Å². The van der Waals surface area contributed by atoms with Crippen molar-refractivity contribution in [2.45, 2.75) is 44.3 Å². The highest BCUT2D eigenvalue weighted by Gasteiger charge is 2.20. The Kier molecular flexibility index (Phi) is 14.2. The molecule has 0 aliphatic rings. The van der Waals surface area contributed by atoms with Crippen molar-refractivity contribution in [1.82, 2.24) is 29.1 Å². The van der Waals surface area contributed by atoms with Gasteiger partial charge in [0.2, 0.25) is 5.91 Å². The number of thioether (sulfide) groups is 1. The number of likely N-dealkylation sites (N-methyl/N-ethyl adjacent to an activating group) is 1. The van der Waals surface area contributed by atoms with Gasteiger partial charge in [-0.05, 0) is 65.2 Å². The average molecular weight is 742 g/mol. The molecule has 2 aromatic heterocycles. The molecule has 264 valence electrons. The number of hydrogen-bond donors (Lipinski definition) is 0. The smallest absolute Gasteiger partial charge is 0.277 e. The highest BCUT2D eigenvalue weighted by molar-refractivity contribution is 7.98. The summed E-state index contributed by atoms with van der Waals surface area (Å²) in [4.78, 5) is 35.8. The molecule has 50 heavy (non-hydrogen) atoms. The highest BCUT2D eigenvalue weighted by atomic mass is 35.5. The number of rotatable bonds is 15. The van der Waals surface area contributed by atoms with Gasteiger partial charge >= 0.3 is 0 Å². The molecule has 0 atom stereocenters. The Bertz CT molecular complexity index is 1930. The summed E-state index contributed by atoms with van der Waals surface area (Å²) in [5.74, 6) is -1.79. The van der Waals surface area contributed by atoms with Crippen molar-refractivity contribution in [2.24, 2.45) is 7.05 Å². The van der Waals surface area contributed by atoms with Crippen LogP contribution in [-0.4, -0.2) is 61.2 Å². The number of carbonyl (C=O) groups excluding carboxylic acids is 1. The first-order chi connectivity index (χ1) is 23.6. The number of halogens is 4. The summed E-state index contributed by atoms with van der Waals surface area (Å²) in [7, 11) is 1.80. The third kappa shape index (κ3) is 10.5. The third-order valence-electron chi connectivity index (χ3n) is 8.28. The molecular formula is C37H40Cl2F2N6O2S. The van der Waals surface area contributed by atoms with Gasteiger partial charge in [0, 0.05) is 61.8 Å². The normalized spacial score (nSPS) is 11.1. The summed E-state index contributed by atoms with van der Waals surface area (Å²) in [5.41, 5.74) is 4.44. The number of carbonyl (C=O) groups is 1. The van der Waals surface area contributed by atoms with Gasteiger partial charge in [-0.3, -0.25) is 14.3 Å². The lowest BCUT2D eigenvalue weighted by atomic mass is 10.0. The minimum Gasteiger partial charge on any atom is -0.336 e. The molecule has 0 radical (unpaired) electrons. The van der Waals surface area contributed by atoms with E-state index in [0.29, 0.717) is 47.4 Å². The Morgan fingerprint density at radius 2 is 1.54 bits per heavy atom. The zero-order chi connectivity index (χ0) is 34.9.